The van der Waals surface area contributed by atoms with Crippen LogP contribution in [0.2, 0.25) is 0 Å². The Morgan fingerprint density at radius 3 is 2.73 bits per heavy atom. The predicted octanol–water partition coefficient (Wildman–Crippen LogP) is 5.90. The molecule has 0 bridgehead atoms. The van der Waals surface area contributed by atoms with E-state index in [1.165, 1.54) is 65.4 Å². The van der Waals surface area contributed by atoms with E-state index in [0.717, 1.165) is 18.2 Å². The van der Waals surface area contributed by atoms with Gasteiger partial charge in [0, 0.05) is 42.3 Å². The lowest BCUT2D eigenvalue weighted by atomic mass is 9.95. The van der Waals surface area contributed by atoms with Gasteiger partial charge in [0.2, 0.25) is 0 Å². The molecular weight excluding hydrogens is 316 g/mol. The first-order valence-electron chi connectivity index (χ1n) is 9.83. The van der Waals surface area contributed by atoms with E-state index in [1.807, 2.05) is 0 Å². The molecular formula is C24H26N2. The maximum absolute atomic E-state index is 4.44. The Labute approximate surface area is 155 Å². The van der Waals surface area contributed by atoms with Crippen LogP contribution in [0, 0.1) is 5.92 Å². The summed E-state index contributed by atoms with van der Waals surface area (Å²) in [6.45, 7) is 5.36. The van der Waals surface area contributed by atoms with E-state index in [4.69, 9.17) is 0 Å². The van der Waals surface area contributed by atoms with Crippen LogP contribution < -0.4 is 4.90 Å². The molecule has 3 aromatic rings. The molecule has 2 aromatic carbocycles. The van der Waals surface area contributed by atoms with Crippen molar-refractivity contribution in [3.63, 3.8) is 0 Å². The van der Waals surface area contributed by atoms with Crippen molar-refractivity contribution in [2.24, 2.45) is 13.0 Å². The first-order chi connectivity index (χ1) is 12.7. The van der Waals surface area contributed by atoms with Crippen LogP contribution >= 0.6 is 0 Å². The highest BCUT2D eigenvalue weighted by Gasteiger charge is 2.25. The van der Waals surface area contributed by atoms with Crippen LogP contribution in [0.4, 0.5) is 5.69 Å². The van der Waals surface area contributed by atoms with Crippen molar-refractivity contribution in [3.05, 3.63) is 71.9 Å². The van der Waals surface area contributed by atoms with E-state index in [9.17, 15) is 0 Å². The number of aryl methyl sites for hydroxylation is 1. The Bertz CT molecular complexity index is 989. The summed E-state index contributed by atoms with van der Waals surface area (Å²) >= 11 is 0. The quantitative estimate of drug-likeness (QED) is 0.575. The summed E-state index contributed by atoms with van der Waals surface area (Å²) in [7, 11) is 2.11. The highest BCUT2D eigenvalue weighted by atomic mass is 15.2. The fourth-order valence-corrected chi connectivity index (χ4v) is 4.78. The van der Waals surface area contributed by atoms with E-state index < -0.39 is 0 Å². The first kappa shape index (κ1) is 15.7. The van der Waals surface area contributed by atoms with Crippen LogP contribution in [0.15, 0.2) is 55.2 Å². The number of fused-ring (bicyclic) bond motifs is 2. The molecule has 0 amide bonds. The van der Waals surface area contributed by atoms with Crippen molar-refractivity contribution in [2.75, 3.05) is 4.90 Å². The molecule has 0 saturated heterocycles. The monoisotopic (exact) mass is 342 g/mol. The standard InChI is InChI=1S/C24H26N2/c1-17-23-14-19(13-18-5-3-4-6-18)7-8-21(23)16-26(17)22-10-9-20-11-12-25(2)24(20)15-22/h7-12,14-15,18H,1,3-6,13,16H2,2H3. The Balaban J connectivity index is 1.44. The van der Waals surface area contributed by atoms with E-state index in [1.54, 1.807) is 0 Å². The highest BCUT2D eigenvalue weighted by molar-refractivity contribution is 5.89. The third kappa shape index (κ3) is 2.56. The van der Waals surface area contributed by atoms with Crippen molar-refractivity contribution in [3.8, 4) is 0 Å². The second-order valence-electron chi connectivity index (χ2n) is 8.05. The molecule has 1 saturated carbocycles. The summed E-state index contributed by atoms with van der Waals surface area (Å²) in [6.07, 6.45) is 8.99. The molecule has 0 N–H and O–H groups in total. The molecule has 1 aliphatic carbocycles. The Hall–Kier alpha value is -2.48. The molecule has 2 aliphatic rings. The smallest absolute Gasteiger partial charge is 0.0498 e. The SMILES string of the molecule is C=C1c2cc(CC3CCCC3)ccc2CN1c1ccc2ccn(C)c2c1. The van der Waals surface area contributed by atoms with Crippen molar-refractivity contribution < 1.29 is 0 Å². The van der Waals surface area contributed by atoms with Gasteiger partial charge in [-0.1, -0.05) is 50.5 Å². The molecule has 1 aliphatic heterocycles. The van der Waals surface area contributed by atoms with Gasteiger partial charge in [0.05, 0.1) is 0 Å². The van der Waals surface area contributed by atoms with Crippen LogP contribution in [-0.2, 0) is 20.0 Å². The van der Waals surface area contributed by atoms with Crippen molar-refractivity contribution in [1.29, 1.82) is 0 Å². The summed E-state index contributed by atoms with van der Waals surface area (Å²) in [5.41, 5.74) is 7.87. The number of hydrogen-bond donors (Lipinski definition) is 0. The largest absolute Gasteiger partial charge is 0.350 e. The van der Waals surface area contributed by atoms with Crippen LogP contribution in [0.5, 0.6) is 0 Å². The van der Waals surface area contributed by atoms with Gasteiger partial charge in [0.25, 0.3) is 0 Å². The zero-order chi connectivity index (χ0) is 17.7. The number of anilines is 1. The van der Waals surface area contributed by atoms with Gasteiger partial charge in [0.1, 0.15) is 0 Å². The second-order valence-corrected chi connectivity index (χ2v) is 8.05. The Kier molecular flexibility index (Phi) is 3.66. The third-order valence-electron chi connectivity index (χ3n) is 6.32. The molecule has 1 fully saturated rings. The third-order valence-corrected chi connectivity index (χ3v) is 6.32. The van der Waals surface area contributed by atoms with Gasteiger partial charge in [-0.2, -0.15) is 0 Å². The summed E-state index contributed by atoms with van der Waals surface area (Å²) in [5.74, 6) is 0.888. The molecule has 0 spiro atoms. The molecule has 2 heterocycles. The maximum atomic E-state index is 4.44. The molecule has 0 atom stereocenters. The molecule has 2 nitrogen and oxygen atoms in total. The lowest BCUT2D eigenvalue weighted by molar-refractivity contribution is 0.546. The normalized spacial score (nSPS) is 17.4. The lowest BCUT2D eigenvalue weighted by Gasteiger charge is -2.20. The van der Waals surface area contributed by atoms with Gasteiger partial charge < -0.3 is 9.47 Å². The fraction of sp³-hybridized carbons (Fsp3) is 0.333. The van der Waals surface area contributed by atoms with Crippen molar-refractivity contribution in [2.45, 2.75) is 38.6 Å². The Morgan fingerprint density at radius 1 is 1.04 bits per heavy atom. The van der Waals surface area contributed by atoms with E-state index in [2.05, 4.69) is 71.8 Å². The van der Waals surface area contributed by atoms with Gasteiger partial charge >= 0.3 is 0 Å². The van der Waals surface area contributed by atoms with Gasteiger partial charge in [0.15, 0.2) is 0 Å². The minimum atomic E-state index is 0.888. The maximum Gasteiger partial charge on any atom is 0.0498 e. The van der Waals surface area contributed by atoms with Gasteiger partial charge in [-0.05, 0) is 53.1 Å². The molecule has 0 unspecified atom stereocenters. The van der Waals surface area contributed by atoms with Crippen molar-refractivity contribution in [1.82, 2.24) is 4.57 Å². The summed E-state index contributed by atoms with van der Waals surface area (Å²) in [4.78, 5) is 2.36. The minimum absolute atomic E-state index is 0.888. The van der Waals surface area contributed by atoms with Crippen LogP contribution in [-0.4, -0.2) is 4.57 Å². The molecule has 26 heavy (non-hydrogen) atoms. The average molecular weight is 342 g/mol. The number of rotatable bonds is 3. The van der Waals surface area contributed by atoms with Gasteiger partial charge in [-0.15, -0.1) is 0 Å². The predicted molar refractivity (Wildman–Crippen MR) is 110 cm³/mol. The number of nitrogens with zero attached hydrogens (tertiary/aromatic N) is 2. The zero-order valence-corrected chi connectivity index (χ0v) is 15.5. The van der Waals surface area contributed by atoms with E-state index >= 15 is 0 Å². The van der Waals surface area contributed by atoms with E-state index in [0.29, 0.717) is 0 Å². The first-order valence-corrected chi connectivity index (χ1v) is 9.83. The van der Waals surface area contributed by atoms with Crippen LogP contribution in [0.3, 0.4) is 0 Å². The minimum Gasteiger partial charge on any atom is -0.350 e. The zero-order valence-electron chi connectivity index (χ0n) is 15.5. The second kappa shape index (κ2) is 6.05. The van der Waals surface area contributed by atoms with Crippen molar-refractivity contribution >= 4 is 22.3 Å². The van der Waals surface area contributed by atoms with Gasteiger partial charge in [-0.25, -0.2) is 0 Å². The van der Waals surface area contributed by atoms with Crippen LogP contribution in [0.1, 0.15) is 42.4 Å². The van der Waals surface area contributed by atoms with Crippen LogP contribution in [0.25, 0.3) is 16.6 Å². The molecule has 132 valence electrons. The molecule has 1 aromatic heterocycles. The summed E-state index contributed by atoms with van der Waals surface area (Å²) in [6, 6.07) is 16.0. The molecule has 0 radical (unpaired) electrons. The Morgan fingerprint density at radius 2 is 1.88 bits per heavy atom. The number of benzene rings is 2. The average Bonchev–Trinajstić information content (AvgIpc) is 3.36. The summed E-state index contributed by atoms with van der Waals surface area (Å²) < 4.78 is 2.19. The fourth-order valence-electron chi connectivity index (χ4n) is 4.78. The molecule has 5 rings (SSSR count). The van der Waals surface area contributed by atoms with E-state index in [-0.39, 0.29) is 0 Å². The topological polar surface area (TPSA) is 8.17 Å². The van der Waals surface area contributed by atoms with Gasteiger partial charge in [-0.3, -0.25) is 0 Å². The number of aromatic nitrogens is 1. The highest BCUT2D eigenvalue weighted by Crippen LogP contribution is 2.38. The number of hydrogen-bond acceptors (Lipinski definition) is 1. The molecule has 2 heteroatoms. The lowest BCUT2D eigenvalue weighted by Crippen LogP contribution is -2.12. The summed E-state index contributed by atoms with van der Waals surface area (Å²) in [5, 5.41) is 1.29.